The molecule has 0 aliphatic heterocycles. The van der Waals surface area contributed by atoms with E-state index in [1.54, 1.807) is 0 Å². The minimum absolute atomic E-state index is 0.0373. The van der Waals surface area contributed by atoms with Crippen molar-refractivity contribution >= 4 is 5.78 Å². The summed E-state index contributed by atoms with van der Waals surface area (Å²) in [6, 6.07) is 8.57. The van der Waals surface area contributed by atoms with Crippen molar-refractivity contribution in [3.63, 3.8) is 0 Å². The van der Waals surface area contributed by atoms with E-state index < -0.39 is 0 Å². The molecule has 5 heteroatoms. The maximum atomic E-state index is 13.9. The van der Waals surface area contributed by atoms with Gasteiger partial charge >= 0.3 is 0 Å². The number of nitrogens with one attached hydrogen (secondary N) is 2. The van der Waals surface area contributed by atoms with Crippen molar-refractivity contribution in [3.05, 3.63) is 47.8 Å². The molecule has 5 nitrogen and oxygen atoms in total. The molecule has 4 rings (SSSR count). The Labute approximate surface area is 185 Å². The Morgan fingerprint density at radius 2 is 1.87 bits per heavy atom. The van der Waals surface area contributed by atoms with Crippen molar-refractivity contribution < 1.29 is 15.0 Å². The van der Waals surface area contributed by atoms with Gasteiger partial charge in [0.15, 0.2) is 5.78 Å². The average molecular weight is 425 g/mol. The molecule has 2 fully saturated rings. The topological polar surface area (TPSA) is 85.4 Å². The number of carbonyl (C=O) groups is 1. The lowest BCUT2D eigenvalue weighted by atomic mass is 9.45. The number of carbonyl (C=O) groups excluding carboxylic acids is 1. The molecule has 0 spiro atoms. The van der Waals surface area contributed by atoms with Gasteiger partial charge in [-0.2, -0.15) is 0 Å². The molecular weight excluding hydrogens is 388 g/mol. The van der Waals surface area contributed by atoms with Crippen LogP contribution in [0.2, 0.25) is 0 Å². The highest BCUT2D eigenvalue weighted by Gasteiger charge is 2.58. The minimum atomic E-state index is -0.173. The molecule has 0 amide bonds. The normalized spacial score (nSPS) is 32.4. The van der Waals surface area contributed by atoms with Gasteiger partial charge in [-0.3, -0.25) is 4.79 Å². The number of benzene rings is 1. The number of Topliss-reactive ketones (excluding diaryl/α,β-unsaturated/α-hetero) is 1. The molecule has 2 aliphatic carbocycles. The zero-order valence-corrected chi connectivity index (χ0v) is 19.1. The van der Waals surface area contributed by atoms with Crippen LogP contribution in [0.15, 0.2) is 36.5 Å². The van der Waals surface area contributed by atoms with Crippen molar-refractivity contribution in [2.45, 2.75) is 66.0 Å². The van der Waals surface area contributed by atoms with Gasteiger partial charge < -0.3 is 20.5 Å². The van der Waals surface area contributed by atoms with Gasteiger partial charge in [-0.1, -0.05) is 34.1 Å². The maximum absolute atomic E-state index is 13.9. The second-order valence-corrected chi connectivity index (χ2v) is 10.8. The highest BCUT2D eigenvalue weighted by molar-refractivity contribution is 5.99. The number of phenolic OH excluding ortho intramolecular Hbond substituents is 2. The number of H-pyrrole nitrogens is 1. The highest BCUT2D eigenvalue weighted by atomic mass is 16.3. The fourth-order valence-corrected chi connectivity index (χ4v) is 6.87. The van der Waals surface area contributed by atoms with E-state index in [0.29, 0.717) is 11.5 Å². The minimum Gasteiger partial charge on any atom is -0.508 e. The molecule has 1 heterocycles. The van der Waals surface area contributed by atoms with Crippen LogP contribution in [0.25, 0.3) is 0 Å². The summed E-state index contributed by atoms with van der Waals surface area (Å²) in [5.74, 6) is 0.286. The molecule has 4 N–H and O–H groups in total. The zero-order valence-electron chi connectivity index (χ0n) is 19.1. The Morgan fingerprint density at radius 1 is 1.16 bits per heavy atom. The van der Waals surface area contributed by atoms with Gasteiger partial charge in [0.1, 0.15) is 11.5 Å². The molecule has 0 saturated heterocycles. The van der Waals surface area contributed by atoms with Crippen LogP contribution in [-0.4, -0.2) is 27.0 Å². The summed E-state index contributed by atoms with van der Waals surface area (Å²) in [6.45, 7) is 9.96. The molecule has 0 bridgehead atoms. The first-order chi connectivity index (χ1) is 14.6. The number of aromatic nitrogens is 1. The summed E-state index contributed by atoms with van der Waals surface area (Å²) in [6.07, 6.45) is 6.33. The first-order valence-corrected chi connectivity index (χ1v) is 11.5. The summed E-state index contributed by atoms with van der Waals surface area (Å²) < 4.78 is 0. The van der Waals surface area contributed by atoms with E-state index in [9.17, 15) is 15.0 Å². The van der Waals surface area contributed by atoms with E-state index in [4.69, 9.17) is 0 Å². The van der Waals surface area contributed by atoms with Crippen molar-refractivity contribution in [2.24, 2.45) is 28.6 Å². The van der Waals surface area contributed by atoms with E-state index in [-0.39, 0.29) is 46.0 Å². The van der Waals surface area contributed by atoms with Crippen LogP contribution < -0.4 is 5.32 Å². The summed E-state index contributed by atoms with van der Waals surface area (Å²) >= 11 is 0. The van der Waals surface area contributed by atoms with Gasteiger partial charge in [-0.15, -0.1) is 0 Å². The lowest BCUT2D eigenvalue weighted by Gasteiger charge is -2.60. The Balaban J connectivity index is 1.70. The predicted octanol–water partition coefficient (Wildman–Crippen LogP) is 5.26. The second kappa shape index (κ2) is 8.01. The van der Waals surface area contributed by atoms with Crippen LogP contribution in [0.5, 0.6) is 11.5 Å². The smallest absolute Gasteiger partial charge is 0.167 e. The molecular formula is C26H36N2O3. The molecule has 168 valence electrons. The zero-order chi connectivity index (χ0) is 22.4. The van der Waals surface area contributed by atoms with Gasteiger partial charge in [-0.25, -0.2) is 0 Å². The first-order valence-electron chi connectivity index (χ1n) is 11.5. The molecule has 2 aliphatic rings. The number of ketones is 1. The Bertz CT molecular complexity index is 916. The van der Waals surface area contributed by atoms with Crippen molar-refractivity contribution in [3.8, 4) is 11.5 Å². The van der Waals surface area contributed by atoms with Gasteiger partial charge in [0.05, 0.1) is 0 Å². The molecule has 31 heavy (non-hydrogen) atoms. The molecule has 2 aromatic rings. The Kier molecular flexibility index (Phi) is 5.67. The number of phenols is 2. The van der Waals surface area contributed by atoms with Crippen LogP contribution in [0.4, 0.5) is 0 Å². The summed E-state index contributed by atoms with van der Waals surface area (Å²) in [5, 5.41) is 23.7. The Hall–Kier alpha value is -2.27. The summed E-state index contributed by atoms with van der Waals surface area (Å²) in [5.41, 5.74) is 1.61. The summed E-state index contributed by atoms with van der Waals surface area (Å²) in [7, 11) is 0. The predicted molar refractivity (Wildman–Crippen MR) is 122 cm³/mol. The van der Waals surface area contributed by atoms with E-state index in [1.807, 2.05) is 12.3 Å². The number of hydrogen-bond acceptors (Lipinski definition) is 4. The maximum Gasteiger partial charge on any atom is 0.167 e. The van der Waals surface area contributed by atoms with Crippen LogP contribution in [0.3, 0.4) is 0 Å². The SMILES string of the molecule is CC1C(NCc2ccc[nH]2)CC2C(C)(C)CCCC2(C)C1C(=O)c1cc(O)cc(O)c1. The van der Waals surface area contributed by atoms with Gasteiger partial charge in [0, 0.05) is 42.0 Å². The van der Waals surface area contributed by atoms with E-state index in [1.165, 1.54) is 24.6 Å². The average Bonchev–Trinajstić information content (AvgIpc) is 3.19. The van der Waals surface area contributed by atoms with E-state index in [0.717, 1.165) is 31.5 Å². The fourth-order valence-electron chi connectivity index (χ4n) is 6.87. The first kappa shape index (κ1) is 21.9. The van der Waals surface area contributed by atoms with E-state index in [2.05, 4.69) is 44.1 Å². The lowest BCUT2D eigenvalue weighted by Crippen LogP contribution is -2.60. The Morgan fingerprint density at radius 3 is 2.52 bits per heavy atom. The highest BCUT2D eigenvalue weighted by Crippen LogP contribution is 2.61. The lowest BCUT2D eigenvalue weighted by molar-refractivity contribution is -0.0917. The number of aromatic hydroxyl groups is 2. The molecule has 5 unspecified atom stereocenters. The van der Waals surface area contributed by atoms with Crippen molar-refractivity contribution in [1.82, 2.24) is 10.3 Å². The van der Waals surface area contributed by atoms with Crippen molar-refractivity contribution in [2.75, 3.05) is 0 Å². The van der Waals surface area contributed by atoms with Crippen LogP contribution >= 0.6 is 0 Å². The van der Waals surface area contributed by atoms with Gasteiger partial charge in [-0.05, 0) is 66.2 Å². The molecule has 1 aromatic heterocycles. The fraction of sp³-hybridized carbons (Fsp3) is 0.577. The van der Waals surface area contributed by atoms with Gasteiger partial charge in [0.25, 0.3) is 0 Å². The van der Waals surface area contributed by atoms with Crippen LogP contribution in [0.1, 0.15) is 69.4 Å². The third kappa shape index (κ3) is 4.00. The third-order valence-corrected chi connectivity index (χ3v) is 8.32. The molecule has 1 aromatic carbocycles. The second-order valence-electron chi connectivity index (χ2n) is 10.8. The quantitative estimate of drug-likeness (QED) is 0.494. The number of rotatable bonds is 5. The number of hydrogen-bond donors (Lipinski definition) is 4. The molecule has 0 radical (unpaired) electrons. The van der Waals surface area contributed by atoms with Crippen LogP contribution in [0, 0.1) is 28.6 Å². The molecule has 5 atom stereocenters. The van der Waals surface area contributed by atoms with Gasteiger partial charge in [0.2, 0.25) is 0 Å². The van der Waals surface area contributed by atoms with E-state index >= 15 is 0 Å². The monoisotopic (exact) mass is 424 g/mol. The standard InChI is InChI=1S/C26H36N2O3/c1-16-21(28-15-18-7-5-10-27-18)14-22-25(2,3)8-6-9-26(22,4)23(16)24(31)17-11-19(29)13-20(30)12-17/h5,7,10-13,16,21-23,27-30H,6,8-9,14-15H2,1-4H3. The van der Waals surface area contributed by atoms with Crippen LogP contribution in [-0.2, 0) is 6.54 Å². The van der Waals surface area contributed by atoms with Crippen molar-refractivity contribution in [1.29, 1.82) is 0 Å². The summed E-state index contributed by atoms with van der Waals surface area (Å²) in [4.78, 5) is 17.2. The number of aromatic amines is 1. The molecule has 2 saturated carbocycles. The number of fused-ring (bicyclic) bond motifs is 1. The third-order valence-electron chi connectivity index (χ3n) is 8.32. The largest absolute Gasteiger partial charge is 0.508 e.